The monoisotopic (exact) mass is 941 g/mol. The van der Waals surface area contributed by atoms with Gasteiger partial charge >= 0.3 is 17.9 Å². The maximum atomic E-state index is 14.0. The van der Waals surface area contributed by atoms with Gasteiger partial charge in [-0.3, -0.25) is 19.2 Å². The number of nitrogens with zero attached hydrogens (tertiary/aromatic N) is 2. The Labute approximate surface area is 412 Å². The first-order chi connectivity index (χ1) is 32.7. The van der Waals surface area contributed by atoms with Crippen molar-refractivity contribution in [2.45, 2.75) is 258 Å². The maximum absolute atomic E-state index is 14.0. The van der Waals surface area contributed by atoms with Crippen molar-refractivity contribution >= 4 is 23.8 Å². The van der Waals surface area contributed by atoms with Crippen LogP contribution in [0.2, 0.25) is 0 Å². The Morgan fingerprint density at radius 3 is 1.31 bits per heavy atom. The molecule has 388 valence electrons. The normalized spacial score (nSPS) is 12.4. The molecule has 9 heteroatoms. The molecule has 0 aromatic carbocycles. The van der Waals surface area contributed by atoms with Gasteiger partial charge in [-0.2, -0.15) is 0 Å². The van der Waals surface area contributed by atoms with Crippen molar-refractivity contribution in [2.75, 3.05) is 40.4 Å². The molecule has 67 heavy (non-hydrogen) atoms. The molecule has 0 radical (unpaired) electrons. The van der Waals surface area contributed by atoms with Gasteiger partial charge in [0.25, 0.3) is 0 Å². The summed E-state index contributed by atoms with van der Waals surface area (Å²) < 4.78 is 17.5. The van der Waals surface area contributed by atoms with Crippen LogP contribution in [0.4, 0.5) is 0 Å². The number of carbonyl (C=O) groups is 4. The first-order valence-electron chi connectivity index (χ1n) is 27.7. The molecule has 0 saturated heterocycles. The molecule has 1 amide bonds. The number of carbonyl (C=O) groups excluding carboxylic acids is 4. The zero-order valence-electron chi connectivity index (χ0n) is 44.4. The Bertz CT molecular complexity index is 1230. The third kappa shape index (κ3) is 43.8. The Morgan fingerprint density at radius 1 is 0.418 bits per heavy atom. The van der Waals surface area contributed by atoms with Crippen LogP contribution in [0.3, 0.4) is 0 Å². The predicted molar refractivity (Wildman–Crippen MR) is 282 cm³/mol. The number of rotatable bonds is 48. The lowest BCUT2D eigenvalue weighted by Gasteiger charge is -2.32. The van der Waals surface area contributed by atoms with Crippen LogP contribution in [0, 0.1) is 0 Å². The van der Waals surface area contributed by atoms with Crippen molar-refractivity contribution in [1.29, 1.82) is 0 Å². The van der Waals surface area contributed by atoms with Gasteiger partial charge in [0, 0.05) is 25.8 Å². The summed E-state index contributed by atoms with van der Waals surface area (Å²) in [7, 11) is 3.97. The van der Waals surface area contributed by atoms with E-state index < -0.39 is 6.04 Å². The second kappa shape index (κ2) is 49.2. The standard InChI is InChI=1S/C58H104N2O7/c1-7-11-14-17-19-21-23-25-27-29-31-33-35-37-40-45-56(62)65-51-53(52-66-57(63)46-41-38-36-34-32-30-28-26-24-22-20-18-15-12-8-2)60(50-42-49-59(5)6)55(61)47-48-58(64)67-54(43-10-4)44-39-16-13-9-3/h19-22,25-28,53-54H,7-18,23-24,29-52H2,1-6H3/b21-19-,22-20-,27-25-,28-26-. The SMILES string of the molecule is CCCCC/C=C\C/C=C\CCCCCCCC(=O)OCC(COC(=O)CCCCCCC/C=C\C/C=C\CCCCC)N(CCCN(C)C)C(=O)CCC(=O)OC(CCC)CCCCCC. The summed E-state index contributed by atoms with van der Waals surface area (Å²) in [6.45, 7) is 9.74. The molecule has 0 aliphatic carbocycles. The lowest BCUT2D eigenvalue weighted by Crippen LogP contribution is -2.47. The molecule has 0 fully saturated rings. The number of esters is 3. The van der Waals surface area contributed by atoms with Gasteiger partial charge in [0.05, 0.1) is 12.5 Å². The molecular formula is C58H104N2O7. The number of amides is 1. The number of hydrogen-bond acceptors (Lipinski definition) is 8. The van der Waals surface area contributed by atoms with Gasteiger partial charge in [0.15, 0.2) is 0 Å². The Kier molecular flexibility index (Phi) is 46.9. The van der Waals surface area contributed by atoms with E-state index in [-0.39, 0.29) is 56.0 Å². The van der Waals surface area contributed by atoms with Crippen molar-refractivity contribution < 1.29 is 33.4 Å². The third-order valence-electron chi connectivity index (χ3n) is 12.1. The van der Waals surface area contributed by atoms with E-state index in [9.17, 15) is 19.2 Å². The van der Waals surface area contributed by atoms with E-state index in [0.29, 0.717) is 25.8 Å². The number of allylic oxidation sites excluding steroid dienone is 8. The van der Waals surface area contributed by atoms with Crippen LogP contribution in [0.5, 0.6) is 0 Å². The smallest absolute Gasteiger partial charge is 0.306 e. The van der Waals surface area contributed by atoms with Crippen molar-refractivity contribution in [3.63, 3.8) is 0 Å². The summed E-state index contributed by atoms with van der Waals surface area (Å²) in [5, 5.41) is 0. The van der Waals surface area contributed by atoms with E-state index in [1.54, 1.807) is 4.90 Å². The predicted octanol–water partition coefficient (Wildman–Crippen LogP) is 15.3. The highest BCUT2D eigenvalue weighted by Crippen LogP contribution is 2.17. The van der Waals surface area contributed by atoms with Crippen LogP contribution in [-0.2, 0) is 33.4 Å². The van der Waals surface area contributed by atoms with Crippen molar-refractivity contribution in [1.82, 2.24) is 9.80 Å². The van der Waals surface area contributed by atoms with Gasteiger partial charge in [0.1, 0.15) is 19.3 Å². The largest absolute Gasteiger partial charge is 0.463 e. The summed E-state index contributed by atoms with van der Waals surface area (Å²) in [6, 6.07) is -0.654. The molecule has 1 atom stereocenters. The Morgan fingerprint density at radius 2 is 0.851 bits per heavy atom. The van der Waals surface area contributed by atoms with Gasteiger partial charge in [-0.25, -0.2) is 0 Å². The van der Waals surface area contributed by atoms with Crippen LogP contribution in [-0.4, -0.2) is 86.2 Å². The van der Waals surface area contributed by atoms with Crippen molar-refractivity contribution in [2.24, 2.45) is 0 Å². The summed E-state index contributed by atoms with van der Waals surface area (Å²) >= 11 is 0. The highest BCUT2D eigenvalue weighted by molar-refractivity contribution is 5.82. The molecule has 0 bridgehead atoms. The molecule has 0 spiro atoms. The average Bonchev–Trinajstić information content (AvgIpc) is 3.31. The van der Waals surface area contributed by atoms with E-state index in [2.05, 4.69) is 81.2 Å². The topological polar surface area (TPSA) is 102 Å². The van der Waals surface area contributed by atoms with E-state index in [0.717, 1.165) is 135 Å². The average molecular weight is 941 g/mol. The zero-order chi connectivity index (χ0) is 49.3. The highest BCUT2D eigenvalue weighted by atomic mass is 16.6. The lowest BCUT2D eigenvalue weighted by molar-refractivity contribution is -0.155. The van der Waals surface area contributed by atoms with Crippen LogP contribution < -0.4 is 0 Å². The fourth-order valence-electron chi connectivity index (χ4n) is 7.96. The number of ether oxygens (including phenoxy) is 3. The highest BCUT2D eigenvalue weighted by Gasteiger charge is 2.27. The molecule has 0 saturated carbocycles. The molecule has 0 aromatic rings. The minimum atomic E-state index is -0.654. The number of hydrogen-bond donors (Lipinski definition) is 0. The minimum Gasteiger partial charge on any atom is -0.463 e. The minimum absolute atomic E-state index is 0.0220. The summed E-state index contributed by atoms with van der Waals surface area (Å²) in [4.78, 5) is 56.9. The zero-order valence-corrected chi connectivity index (χ0v) is 44.4. The van der Waals surface area contributed by atoms with Crippen LogP contribution in [0.1, 0.15) is 246 Å². The molecule has 1 unspecified atom stereocenters. The van der Waals surface area contributed by atoms with E-state index in [1.165, 1.54) is 57.8 Å². The summed E-state index contributed by atoms with van der Waals surface area (Å²) in [5.41, 5.74) is 0. The molecule has 0 heterocycles. The quantitative estimate of drug-likeness (QED) is 0.0257. The van der Waals surface area contributed by atoms with Crippen molar-refractivity contribution in [3.05, 3.63) is 48.6 Å². The van der Waals surface area contributed by atoms with Gasteiger partial charge in [-0.1, -0.05) is 166 Å². The fourth-order valence-corrected chi connectivity index (χ4v) is 7.96. The maximum Gasteiger partial charge on any atom is 0.306 e. The Hall–Kier alpha value is -3.20. The van der Waals surface area contributed by atoms with E-state index in [4.69, 9.17) is 14.2 Å². The molecular weight excluding hydrogens is 837 g/mol. The van der Waals surface area contributed by atoms with E-state index in [1.807, 2.05) is 14.1 Å². The molecule has 0 N–H and O–H groups in total. The molecule has 0 rings (SSSR count). The molecule has 0 aliphatic rings. The lowest BCUT2D eigenvalue weighted by atomic mass is 10.1. The molecule has 0 aromatic heterocycles. The third-order valence-corrected chi connectivity index (χ3v) is 12.1. The van der Waals surface area contributed by atoms with Crippen LogP contribution >= 0.6 is 0 Å². The fraction of sp³-hybridized carbons (Fsp3) is 0.793. The Balaban J connectivity index is 5.27. The summed E-state index contributed by atoms with van der Waals surface area (Å²) in [6.07, 6.45) is 50.6. The van der Waals surface area contributed by atoms with E-state index >= 15 is 0 Å². The second-order valence-corrected chi connectivity index (χ2v) is 19.0. The van der Waals surface area contributed by atoms with Gasteiger partial charge < -0.3 is 24.0 Å². The molecule has 9 nitrogen and oxygen atoms in total. The van der Waals surface area contributed by atoms with Crippen molar-refractivity contribution in [3.8, 4) is 0 Å². The summed E-state index contributed by atoms with van der Waals surface area (Å²) in [5.74, 6) is -1.21. The van der Waals surface area contributed by atoms with Gasteiger partial charge in [-0.05, 0) is 123 Å². The van der Waals surface area contributed by atoms with Crippen LogP contribution in [0.25, 0.3) is 0 Å². The first-order valence-corrected chi connectivity index (χ1v) is 27.7. The van der Waals surface area contributed by atoms with Crippen LogP contribution in [0.15, 0.2) is 48.6 Å². The van der Waals surface area contributed by atoms with Gasteiger partial charge in [0.2, 0.25) is 5.91 Å². The second-order valence-electron chi connectivity index (χ2n) is 19.0. The first kappa shape index (κ1) is 63.8. The van der Waals surface area contributed by atoms with Gasteiger partial charge in [-0.15, -0.1) is 0 Å². The number of unbranched alkanes of at least 4 members (excludes halogenated alkanes) is 19. The molecule has 0 aliphatic heterocycles.